The Bertz CT molecular complexity index is 806. The van der Waals surface area contributed by atoms with Gasteiger partial charge in [0.25, 0.3) is 5.91 Å². The topological polar surface area (TPSA) is 60.9 Å². The highest BCUT2D eigenvalue weighted by atomic mass is 16.2. The van der Waals surface area contributed by atoms with Gasteiger partial charge in [-0.2, -0.15) is 0 Å². The number of nitrogens with zero attached hydrogens (tertiary/aromatic N) is 3. The summed E-state index contributed by atoms with van der Waals surface area (Å²) < 4.78 is 0. The second kappa shape index (κ2) is 7.39. The molecule has 4 amide bonds. The number of hydrogen-bond donors (Lipinski definition) is 0. The van der Waals surface area contributed by atoms with Crippen molar-refractivity contribution in [3.63, 3.8) is 0 Å². The Balaban J connectivity index is 1.78. The number of carbonyl (C=O) groups is 3. The first kappa shape index (κ1) is 17.7. The van der Waals surface area contributed by atoms with Crippen molar-refractivity contribution in [2.24, 2.45) is 0 Å². The molecule has 1 saturated heterocycles. The number of urea groups is 1. The third-order valence-electron chi connectivity index (χ3n) is 4.24. The number of benzene rings is 2. The Morgan fingerprint density at radius 3 is 2.15 bits per heavy atom. The van der Waals surface area contributed by atoms with Gasteiger partial charge in [0.15, 0.2) is 0 Å². The molecule has 0 bridgehead atoms. The van der Waals surface area contributed by atoms with E-state index in [0.717, 1.165) is 10.6 Å². The quantitative estimate of drug-likeness (QED) is 0.778. The lowest BCUT2D eigenvalue weighted by atomic mass is 10.2. The van der Waals surface area contributed by atoms with Crippen LogP contribution >= 0.6 is 0 Å². The summed E-state index contributed by atoms with van der Waals surface area (Å²) in [6, 6.07) is 17.7. The first-order valence-corrected chi connectivity index (χ1v) is 8.53. The predicted octanol–water partition coefficient (Wildman–Crippen LogP) is 2.90. The number of anilines is 2. The molecule has 0 N–H and O–H groups in total. The Labute approximate surface area is 152 Å². The molecule has 6 heteroatoms. The van der Waals surface area contributed by atoms with Crippen molar-refractivity contribution in [1.82, 2.24) is 4.90 Å². The van der Waals surface area contributed by atoms with Gasteiger partial charge in [-0.15, -0.1) is 0 Å². The summed E-state index contributed by atoms with van der Waals surface area (Å²) in [5, 5.41) is 0. The number of hydrogen-bond acceptors (Lipinski definition) is 3. The monoisotopic (exact) mass is 351 g/mol. The minimum absolute atomic E-state index is 0.0524. The van der Waals surface area contributed by atoms with Gasteiger partial charge in [0.05, 0.1) is 0 Å². The first-order valence-electron chi connectivity index (χ1n) is 8.53. The number of rotatable bonds is 5. The molecule has 0 unspecified atom stereocenters. The van der Waals surface area contributed by atoms with Crippen LogP contribution in [0, 0.1) is 0 Å². The third-order valence-corrected chi connectivity index (χ3v) is 4.24. The highest BCUT2D eigenvalue weighted by Crippen LogP contribution is 2.22. The van der Waals surface area contributed by atoms with Gasteiger partial charge in [-0.1, -0.05) is 36.4 Å². The molecule has 1 heterocycles. The lowest BCUT2D eigenvalue weighted by molar-refractivity contribution is -0.129. The maximum atomic E-state index is 12.8. The van der Waals surface area contributed by atoms with E-state index in [1.54, 1.807) is 29.2 Å². The summed E-state index contributed by atoms with van der Waals surface area (Å²) in [6.07, 6.45) is 0. The van der Waals surface area contributed by atoms with Gasteiger partial charge in [0, 0.05) is 17.4 Å². The zero-order chi connectivity index (χ0) is 18.7. The summed E-state index contributed by atoms with van der Waals surface area (Å²) >= 11 is 0. The minimum Gasteiger partial charge on any atom is -0.308 e. The molecule has 0 radical (unpaired) electrons. The highest BCUT2D eigenvalue weighted by Gasteiger charge is 2.39. The van der Waals surface area contributed by atoms with Gasteiger partial charge >= 0.3 is 6.03 Å². The van der Waals surface area contributed by atoms with Crippen LogP contribution in [0.3, 0.4) is 0 Å². The highest BCUT2D eigenvalue weighted by molar-refractivity contribution is 6.14. The second-order valence-corrected chi connectivity index (χ2v) is 6.38. The maximum Gasteiger partial charge on any atom is 0.332 e. The van der Waals surface area contributed by atoms with Crippen LogP contribution in [-0.2, 0) is 9.59 Å². The Kier molecular flexibility index (Phi) is 5.02. The van der Waals surface area contributed by atoms with Crippen molar-refractivity contribution in [2.45, 2.75) is 19.9 Å². The van der Waals surface area contributed by atoms with E-state index < -0.39 is 6.03 Å². The average molecular weight is 351 g/mol. The fourth-order valence-electron chi connectivity index (χ4n) is 3.04. The maximum absolute atomic E-state index is 12.8. The molecular weight excluding hydrogens is 330 g/mol. The normalized spacial score (nSPS) is 14.3. The molecule has 2 aromatic rings. The summed E-state index contributed by atoms with van der Waals surface area (Å²) in [7, 11) is 0. The van der Waals surface area contributed by atoms with Crippen molar-refractivity contribution in [3.8, 4) is 0 Å². The smallest absolute Gasteiger partial charge is 0.308 e. The van der Waals surface area contributed by atoms with Gasteiger partial charge in [0.2, 0.25) is 5.91 Å². The van der Waals surface area contributed by atoms with Crippen molar-refractivity contribution in [3.05, 3.63) is 60.7 Å². The molecule has 0 aliphatic carbocycles. The summed E-state index contributed by atoms with van der Waals surface area (Å²) in [6.45, 7) is 3.47. The van der Waals surface area contributed by atoms with Gasteiger partial charge in [-0.3, -0.25) is 19.4 Å². The Morgan fingerprint density at radius 2 is 1.58 bits per heavy atom. The molecule has 2 aromatic carbocycles. The van der Waals surface area contributed by atoms with E-state index in [9.17, 15) is 14.4 Å². The molecule has 3 rings (SSSR count). The molecule has 1 aliphatic heterocycles. The minimum atomic E-state index is -0.466. The standard InChI is InChI=1S/C20H21N3O3/c1-15(2)23(17-11-7-4-8-12-17)19(25)14-22-18(24)13-21(20(22)26)16-9-5-3-6-10-16/h3-12,15H,13-14H2,1-2H3. The largest absolute Gasteiger partial charge is 0.332 e. The van der Waals surface area contributed by atoms with Crippen LogP contribution < -0.4 is 9.80 Å². The third kappa shape index (κ3) is 3.44. The molecule has 0 aromatic heterocycles. The number of para-hydroxylation sites is 2. The molecule has 1 aliphatic rings. The number of carbonyl (C=O) groups excluding carboxylic acids is 3. The van der Waals surface area contributed by atoms with E-state index in [1.807, 2.05) is 50.2 Å². The van der Waals surface area contributed by atoms with E-state index in [1.165, 1.54) is 4.90 Å². The molecule has 26 heavy (non-hydrogen) atoms. The zero-order valence-electron chi connectivity index (χ0n) is 14.8. The van der Waals surface area contributed by atoms with Crippen molar-refractivity contribution < 1.29 is 14.4 Å². The van der Waals surface area contributed by atoms with Crippen LogP contribution in [0.4, 0.5) is 16.2 Å². The SMILES string of the molecule is CC(C)N(C(=O)CN1C(=O)CN(c2ccccc2)C1=O)c1ccccc1. The number of amides is 4. The molecule has 0 spiro atoms. The fourth-order valence-corrected chi connectivity index (χ4v) is 3.04. The van der Waals surface area contributed by atoms with Crippen molar-refractivity contribution >= 4 is 29.2 Å². The number of imide groups is 1. The average Bonchev–Trinajstić information content (AvgIpc) is 2.91. The van der Waals surface area contributed by atoms with Crippen LogP contribution in [0.1, 0.15) is 13.8 Å². The van der Waals surface area contributed by atoms with E-state index >= 15 is 0 Å². The van der Waals surface area contributed by atoms with Crippen molar-refractivity contribution in [1.29, 1.82) is 0 Å². The second-order valence-electron chi connectivity index (χ2n) is 6.38. The summed E-state index contributed by atoms with van der Waals surface area (Å²) in [5.41, 5.74) is 1.39. The van der Waals surface area contributed by atoms with Crippen LogP contribution in [0.5, 0.6) is 0 Å². The lowest BCUT2D eigenvalue weighted by Crippen LogP contribution is -2.46. The molecule has 1 fully saturated rings. The summed E-state index contributed by atoms with van der Waals surface area (Å²) in [4.78, 5) is 41.8. The predicted molar refractivity (Wildman–Crippen MR) is 100.0 cm³/mol. The van der Waals surface area contributed by atoms with Crippen molar-refractivity contribution in [2.75, 3.05) is 22.9 Å². The lowest BCUT2D eigenvalue weighted by Gasteiger charge is -2.28. The van der Waals surface area contributed by atoms with Crippen LogP contribution in [0.25, 0.3) is 0 Å². The summed E-state index contributed by atoms with van der Waals surface area (Å²) in [5.74, 6) is -0.660. The van der Waals surface area contributed by atoms with Gasteiger partial charge in [-0.25, -0.2) is 4.79 Å². The van der Waals surface area contributed by atoms with E-state index in [-0.39, 0.29) is 30.9 Å². The van der Waals surface area contributed by atoms with E-state index in [2.05, 4.69) is 0 Å². The van der Waals surface area contributed by atoms with Gasteiger partial charge < -0.3 is 4.90 Å². The van der Waals surface area contributed by atoms with Crippen LogP contribution in [0.15, 0.2) is 60.7 Å². The Hall–Kier alpha value is -3.15. The first-order chi connectivity index (χ1) is 12.5. The molecule has 6 nitrogen and oxygen atoms in total. The molecule has 0 atom stereocenters. The molecule has 134 valence electrons. The molecule has 0 saturated carbocycles. The van der Waals surface area contributed by atoms with E-state index in [0.29, 0.717) is 5.69 Å². The fraction of sp³-hybridized carbons (Fsp3) is 0.250. The van der Waals surface area contributed by atoms with Crippen LogP contribution in [-0.4, -0.2) is 41.9 Å². The zero-order valence-corrected chi connectivity index (χ0v) is 14.8. The van der Waals surface area contributed by atoms with Crippen LogP contribution in [0.2, 0.25) is 0 Å². The van der Waals surface area contributed by atoms with E-state index in [4.69, 9.17) is 0 Å². The molecular formula is C20H21N3O3. The van der Waals surface area contributed by atoms with Gasteiger partial charge in [-0.05, 0) is 38.1 Å². The van der Waals surface area contributed by atoms with Gasteiger partial charge in [0.1, 0.15) is 13.1 Å². The Morgan fingerprint density at radius 1 is 1.00 bits per heavy atom.